The van der Waals surface area contributed by atoms with Gasteiger partial charge >= 0.3 is 5.97 Å². The average molecular weight is 872 g/mol. The molecule has 0 radical (unpaired) electrons. The van der Waals surface area contributed by atoms with Gasteiger partial charge in [0.05, 0.1) is 74.8 Å². The van der Waals surface area contributed by atoms with Crippen molar-refractivity contribution in [3.8, 4) is 11.3 Å². The molecular formula is C38H51N2O15S3+. The lowest BCUT2D eigenvalue weighted by molar-refractivity contribution is -0.138. The van der Waals surface area contributed by atoms with E-state index in [1.165, 1.54) is 18.4 Å². The molecule has 3 aliphatic rings. The molecule has 0 saturated carbocycles. The Labute approximate surface area is 338 Å². The summed E-state index contributed by atoms with van der Waals surface area (Å²) in [6.07, 6.45) is 7.40. The Kier molecular flexibility index (Phi) is 16.8. The Morgan fingerprint density at radius 1 is 0.862 bits per heavy atom. The van der Waals surface area contributed by atoms with Crippen LogP contribution in [-0.2, 0) is 54.8 Å². The van der Waals surface area contributed by atoms with Crippen molar-refractivity contribution in [2.24, 2.45) is 0 Å². The third kappa shape index (κ3) is 13.8. The van der Waals surface area contributed by atoms with Crippen molar-refractivity contribution in [2.75, 3.05) is 75.7 Å². The van der Waals surface area contributed by atoms with Gasteiger partial charge in [0.2, 0.25) is 5.36 Å². The summed E-state index contributed by atoms with van der Waals surface area (Å²) in [6.45, 7) is 6.30. The highest BCUT2D eigenvalue weighted by molar-refractivity contribution is 7.86. The molecule has 0 amide bonds. The number of carboxylic acids is 1. The molecule has 2 heterocycles. The number of nitrogens with zero attached hydrogens (tertiary/aromatic N) is 2. The molecule has 17 nitrogen and oxygen atoms in total. The molecule has 1 aromatic rings. The zero-order valence-corrected chi connectivity index (χ0v) is 34.8. The lowest BCUT2D eigenvalue weighted by atomic mass is 9.77. The Morgan fingerprint density at radius 2 is 1.52 bits per heavy atom. The highest BCUT2D eigenvalue weighted by atomic mass is 32.2. The van der Waals surface area contributed by atoms with E-state index >= 15 is 0 Å². The number of anilines is 1. The van der Waals surface area contributed by atoms with Crippen molar-refractivity contribution >= 4 is 48.1 Å². The standard InChI is InChI=1S/C38H50N2O15S3/c1-3-39(16-6-26-57(46,47)48)30-9-11-32-29(13-19-55-35(32)27-30)7-4-8-36-38(2,15-5-25-56(43,44)45)33-28-31(58(49,50)51)10-12-34(33)40(36)17-20-53-22-24-54-23-21-52-18-14-37(41)42/h4,7-13,19,27-28H,3,5-6,14-18,20-26H2,1-2H3,(H3-,41,42,43,44,45,46,47,48,49,50,51)/p+1. The molecule has 20 heteroatoms. The second kappa shape index (κ2) is 20.8. The maximum Gasteiger partial charge on any atom is 0.305 e. The minimum absolute atomic E-state index is 0.0331. The van der Waals surface area contributed by atoms with Gasteiger partial charge < -0.3 is 28.6 Å². The van der Waals surface area contributed by atoms with Crippen LogP contribution < -0.4 is 14.8 Å². The van der Waals surface area contributed by atoms with Crippen molar-refractivity contribution in [2.45, 2.75) is 49.8 Å². The normalized spacial score (nSPS) is 17.4. The Bertz CT molecular complexity index is 2320. The van der Waals surface area contributed by atoms with E-state index in [2.05, 4.69) is 0 Å². The van der Waals surface area contributed by atoms with Crippen molar-refractivity contribution in [3.63, 3.8) is 0 Å². The summed E-state index contributed by atoms with van der Waals surface area (Å²) in [5, 5.41) is 9.49. The van der Waals surface area contributed by atoms with Crippen LogP contribution in [0.25, 0.3) is 17.4 Å². The molecular weight excluding hydrogens is 821 g/mol. The molecule has 0 fully saturated rings. The molecule has 1 atom stereocenters. The second-order valence-electron chi connectivity index (χ2n) is 13.7. The van der Waals surface area contributed by atoms with Crippen LogP contribution >= 0.6 is 0 Å². The minimum atomic E-state index is -4.60. The summed E-state index contributed by atoms with van der Waals surface area (Å²) in [7, 11) is -13.0. The molecule has 4 rings (SSSR count). The minimum Gasteiger partial charge on any atom is -0.481 e. The smallest absolute Gasteiger partial charge is 0.305 e. The zero-order chi connectivity index (χ0) is 42.6. The van der Waals surface area contributed by atoms with E-state index in [0.29, 0.717) is 35.8 Å². The molecule has 0 aromatic heterocycles. The van der Waals surface area contributed by atoms with E-state index in [-0.39, 0.29) is 82.5 Å². The Morgan fingerprint density at radius 3 is 2.16 bits per heavy atom. The number of allylic oxidation sites excluding steroid dienone is 3. The first-order valence-electron chi connectivity index (χ1n) is 18.6. The van der Waals surface area contributed by atoms with Crippen LogP contribution in [0.5, 0.6) is 0 Å². The van der Waals surface area contributed by atoms with Gasteiger partial charge in [-0.05, 0) is 74.2 Å². The molecule has 0 bridgehead atoms. The first-order chi connectivity index (χ1) is 27.3. The van der Waals surface area contributed by atoms with E-state index in [1.54, 1.807) is 12.1 Å². The van der Waals surface area contributed by atoms with Crippen LogP contribution in [0.15, 0.2) is 75.9 Å². The van der Waals surface area contributed by atoms with Gasteiger partial charge in [-0.2, -0.15) is 25.3 Å². The molecule has 4 N–H and O–H groups in total. The fraction of sp³-hybridized carbons (Fsp3) is 0.474. The van der Waals surface area contributed by atoms with Crippen LogP contribution in [0.2, 0.25) is 0 Å². The predicted octanol–water partition coefficient (Wildman–Crippen LogP) is 3.57. The highest BCUT2D eigenvalue weighted by Crippen LogP contribution is 2.51. The summed E-state index contributed by atoms with van der Waals surface area (Å²) < 4.78 is 123. The number of benzene rings is 2. The molecule has 2 aliphatic heterocycles. The summed E-state index contributed by atoms with van der Waals surface area (Å²) in [5.74, 6) is -1.26. The van der Waals surface area contributed by atoms with Gasteiger partial charge in [-0.3, -0.25) is 18.5 Å². The number of rotatable bonds is 24. The number of carboxylic acid groups (broad SMARTS) is 1. The van der Waals surface area contributed by atoms with Crippen molar-refractivity contribution < 1.29 is 67.4 Å². The number of fused-ring (bicyclic) bond motifs is 2. The van der Waals surface area contributed by atoms with E-state index in [1.807, 2.05) is 59.8 Å². The van der Waals surface area contributed by atoms with Gasteiger partial charge in [-0.15, -0.1) is 0 Å². The number of carbonyl (C=O) groups is 1. The van der Waals surface area contributed by atoms with E-state index in [4.69, 9.17) is 28.3 Å². The molecule has 1 aromatic carbocycles. The number of aliphatic carboxylic acids is 1. The number of ether oxygens (including phenoxy) is 3. The van der Waals surface area contributed by atoms with Gasteiger partial charge in [0.1, 0.15) is 18.8 Å². The monoisotopic (exact) mass is 871 g/mol. The first kappa shape index (κ1) is 46.7. The van der Waals surface area contributed by atoms with Gasteiger partial charge in [0.25, 0.3) is 30.4 Å². The molecule has 0 saturated heterocycles. The fourth-order valence-corrected chi connectivity index (χ4v) is 8.28. The molecule has 1 aliphatic carbocycles. The van der Waals surface area contributed by atoms with Gasteiger partial charge in [0.15, 0.2) is 0 Å². The Balaban J connectivity index is 1.63. The second-order valence-corrected chi connectivity index (χ2v) is 18.3. The van der Waals surface area contributed by atoms with Crippen LogP contribution in [0.1, 0.15) is 50.7 Å². The van der Waals surface area contributed by atoms with Crippen LogP contribution in [0.4, 0.5) is 5.69 Å². The third-order valence-electron chi connectivity index (χ3n) is 9.58. The molecule has 0 spiro atoms. The van der Waals surface area contributed by atoms with Crippen molar-refractivity contribution in [1.82, 2.24) is 4.58 Å². The number of hydrogen-bond acceptors (Lipinski definition) is 12. The molecule has 58 heavy (non-hydrogen) atoms. The van der Waals surface area contributed by atoms with E-state index < -0.39 is 47.5 Å². The van der Waals surface area contributed by atoms with Gasteiger partial charge in [-0.25, -0.2) is 4.58 Å². The maximum absolute atomic E-state index is 12.2. The van der Waals surface area contributed by atoms with E-state index in [9.17, 15) is 39.2 Å². The summed E-state index contributed by atoms with van der Waals surface area (Å²) >= 11 is 0. The quantitative estimate of drug-likeness (QED) is 0.0571. The molecule has 1 unspecified atom stereocenters. The maximum atomic E-state index is 12.2. The average Bonchev–Trinajstić information content (AvgIpc) is 3.36. The largest absolute Gasteiger partial charge is 0.481 e. The van der Waals surface area contributed by atoms with Crippen LogP contribution in [0, 0.1) is 0 Å². The lowest BCUT2D eigenvalue weighted by Crippen LogP contribution is -2.31. The van der Waals surface area contributed by atoms with Crippen molar-refractivity contribution in [3.05, 3.63) is 83.1 Å². The first-order valence-corrected chi connectivity index (χ1v) is 23.2. The number of hydrogen-bond donors (Lipinski definition) is 4. The van der Waals surface area contributed by atoms with Gasteiger partial charge in [-0.1, -0.05) is 12.2 Å². The summed E-state index contributed by atoms with van der Waals surface area (Å²) in [5.41, 5.74) is 2.40. The highest BCUT2D eigenvalue weighted by Gasteiger charge is 2.43. The van der Waals surface area contributed by atoms with Gasteiger partial charge in [0, 0.05) is 41.4 Å². The van der Waals surface area contributed by atoms with Crippen LogP contribution in [0.3, 0.4) is 0 Å². The summed E-state index contributed by atoms with van der Waals surface area (Å²) in [6, 6.07) is 11.6. The third-order valence-corrected chi connectivity index (χ3v) is 12.0. The van der Waals surface area contributed by atoms with Crippen molar-refractivity contribution in [1.29, 1.82) is 0 Å². The lowest BCUT2D eigenvalue weighted by Gasteiger charge is -2.30. The SMILES string of the molecule is CC[N+](CCCS(=O)(=O)O)=c1ccc2c(C=CC=C3N(CCOCCOCCOCCC(=O)O)c4ccc(S(=O)(=O)O)cc4C3(C)CCCS(=O)(=O)O)ccoc-2c1. The zero-order valence-electron chi connectivity index (χ0n) is 32.4. The van der Waals surface area contributed by atoms with E-state index in [0.717, 1.165) is 16.5 Å². The topological polar surface area (TPSA) is 247 Å². The summed E-state index contributed by atoms with van der Waals surface area (Å²) in [4.78, 5) is 12.2. The Hall–Kier alpha value is -3.99. The molecule has 320 valence electrons. The predicted molar refractivity (Wildman–Crippen MR) is 215 cm³/mol. The fourth-order valence-electron chi connectivity index (χ4n) is 6.77. The van der Waals surface area contributed by atoms with Crippen LogP contribution in [-0.4, -0.2) is 121 Å².